The zero-order valence-corrected chi connectivity index (χ0v) is 17.8. The van der Waals surface area contributed by atoms with Gasteiger partial charge in [0.25, 0.3) is 0 Å². The number of benzene rings is 2. The molecule has 5 heteroatoms. The number of rotatable bonds is 9. The molecule has 2 heterocycles. The first-order valence-electron chi connectivity index (χ1n) is 10.9. The van der Waals surface area contributed by atoms with E-state index in [4.69, 9.17) is 9.47 Å². The van der Waals surface area contributed by atoms with Crippen molar-refractivity contribution in [3.63, 3.8) is 0 Å². The van der Waals surface area contributed by atoms with Gasteiger partial charge in [-0.05, 0) is 42.7 Å². The summed E-state index contributed by atoms with van der Waals surface area (Å²) in [6, 6.07) is 14.4. The molecule has 1 unspecified atom stereocenters. The summed E-state index contributed by atoms with van der Waals surface area (Å²) in [7, 11) is 0. The number of carbonyl (C=O) groups excluding carboxylic acids is 1. The molecule has 1 aliphatic heterocycles. The Morgan fingerprint density at radius 3 is 2.77 bits per heavy atom. The van der Waals surface area contributed by atoms with Gasteiger partial charge in [0, 0.05) is 42.5 Å². The number of amides is 1. The van der Waals surface area contributed by atoms with Gasteiger partial charge in [-0.3, -0.25) is 4.79 Å². The standard InChI is InChI=1S/C25H30N2O3/c1-3-5-8-13-26-25(28)15-20(18-11-12-23-24(14-18)30-17-29-23)21-16-27(4-2)22-10-7-6-9-19(21)22/h6-7,9-12,14,16,20H,3-5,8,13,15,17H2,1-2H3,(H,26,28). The first kappa shape index (κ1) is 20.3. The number of unbranched alkanes of at least 4 members (excludes halogenated alkanes) is 2. The lowest BCUT2D eigenvalue weighted by molar-refractivity contribution is -0.121. The molecule has 4 rings (SSSR count). The van der Waals surface area contributed by atoms with Gasteiger partial charge in [0.15, 0.2) is 11.5 Å². The van der Waals surface area contributed by atoms with Gasteiger partial charge in [-0.1, -0.05) is 44.0 Å². The highest BCUT2D eigenvalue weighted by Gasteiger charge is 2.25. The first-order valence-corrected chi connectivity index (χ1v) is 10.9. The number of aromatic nitrogens is 1. The summed E-state index contributed by atoms with van der Waals surface area (Å²) in [5, 5.41) is 4.30. The van der Waals surface area contributed by atoms with Crippen molar-refractivity contribution in [2.75, 3.05) is 13.3 Å². The van der Waals surface area contributed by atoms with Gasteiger partial charge in [-0.2, -0.15) is 0 Å². The largest absolute Gasteiger partial charge is 0.454 e. The average Bonchev–Trinajstić information content (AvgIpc) is 3.39. The van der Waals surface area contributed by atoms with Crippen LogP contribution in [0.2, 0.25) is 0 Å². The number of hydrogen-bond acceptors (Lipinski definition) is 3. The van der Waals surface area contributed by atoms with Crippen molar-refractivity contribution in [1.29, 1.82) is 0 Å². The molecule has 2 aromatic carbocycles. The molecule has 0 spiro atoms. The molecule has 1 amide bonds. The van der Waals surface area contributed by atoms with Crippen molar-refractivity contribution < 1.29 is 14.3 Å². The van der Waals surface area contributed by atoms with Gasteiger partial charge in [0.1, 0.15) is 0 Å². The van der Waals surface area contributed by atoms with Crippen molar-refractivity contribution in [1.82, 2.24) is 9.88 Å². The lowest BCUT2D eigenvalue weighted by Gasteiger charge is -2.18. The fourth-order valence-electron chi connectivity index (χ4n) is 4.21. The predicted octanol–water partition coefficient (Wildman–Crippen LogP) is 5.22. The van der Waals surface area contributed by atoms with Crippen LogP contribution in [-0.2, 0) is 11.3 Å². The molecular weight excluding hydrogens is 376 g/mol. The fraction of sp³-hybridized carbons (Fsp3) is 0.400. The number of aryl methyl sites for hydroxylation is 1. The van der Waals surface area contributed by atoms with Gasteiger partial charge in [0.05, 0.1) is 0 Å². The summed E-state index contributed by atoms with van der Waals surface area (Å²) in [5.41, 5.74) is 3.45. The highest BCUT2D eigenvalue weighted by atomic mass is 16.7. The lowest BCUT2D eigenvalue weighted by atomic mass is 9.87. The van der Waals surface area contributed by atoms with Crippen LogP contribution in [0.4, 0.5) is 0 Å². The van der Waals surface area contributed by atoms with E-state index in [1.807, 2.05) is 12.1 Å². The average molecular weight is 407 g/mol. The van der Waals surface area contributed by atoms with E-state index in [0.717, 1.165) is 49.4 Å². The minimum atomic E-state index is -0.0524. The number of nitrogens with one attached hydrogen (secondary N) is 1. The zero-order chi connectivity index (χ0) is 20.9. The minimum Gasteiger partial charge on any atom is -0.454 e. The topological polar surface area (TPSA) is 52.5 Å². The van der Waals surface area contributed by atoms with E-state index in [9.17, 15) is 4.79 Å². The van der Waals surface area contributed by atoms with Crippen molar-refractivity contribution in [3.05, 3.63) is 59.8 Å². The Labute approximate surface area is 178 Å². The second-order valence-corrected chi connectivity index (χ2v) is 7.81. The number of nitrogens with zero attached hydrogens (tertiary/aromatic N) is 1. The highest BCUT2D eigenvalue weighted by molar-refractivity contribution is 5.86. The summed E-state index contributed by atoms with van der Waals surface area (Å²) < 4.78 is 13.3. The second-order valence-electron chi connectivity index (χ2n) is 7.81. The SMILES string of the molecule is CCCCCNC(=O)CC(c1ccc2c(c1)OCO2)c1cn(CC)c2ccccc12. The maximum absolute atomic E-state index is 12.8. The molecule has 158 valence electrons. The Balaban J connectivity index is 1.68. The molecule has 3 aromatic rings. The van der Waals surface area contributed by atoms with E-state index < -0.39 is 0 Å². The second kappa shape index (κ2) is 9.24. The van der Waals surface area contributed by atoms with Gasteiger partial charge >= 0.3 is 0 Å². The third kappa shape index (κ3) is 4.16. The Kier molecular flexibility index (Phi) is 6.26. The lowest BCUT2D eigenvalue weighted by Crippen LogP contribution is -2.26. The predicted molar refractivity (Wildman–Crippen MR) is 119 cm³/mol. The molecule has 5 nitrogen and oxygen atoms in total. The Hall–Kier alpha value is -2.95. The molecule has 1 aliphatic rings. The van der Waals surface area contributed by atoms with E-state index in [1.54, 1.807) is 0 Å². The van der Waals surface area contributed by atoms with E-state index in [2.05, 4.69) is 60.3 Å². The molecule has 1 N–H and O–H groups in total. The molecule has 30 heavy (non-hydrogen) atoms. The minimum absolute atomic E-state index is 0.0524. The molecule has 0 saturated heterocycles. The summed E-state index contributed by atoms with van der Waals surface area (Å²) in [6.07, 6.45) is 5.90. The third-order valence-corrected chi connectivity index (χ3v) is 5.83. The maximum Gasteiger partial charge on any atom is 0.231 e. The van der Waals surface area contributed by atoms with Crippen LogP contribution in [0, 0.1) is 0 Å². The number of fused-ring (bicyclic) bond motifs is 2. The van der Waals surface area contributed by atoms with Crippen molar-refractivity contribution in [3.8, 4) is 11.5 Å². The van der Waals surface area contributed by atoms with E-state index in [0.29, 0.717) is 6.42 Å². The van der Waals surface area contributed by atoms with Crippen LogP contribution in [0.25, 0.3) is 10.9 Å². The molecule has 0 aliphatic carbocycles. The molecule has 0 fully saturated rings. The van der Waals surface area contributed by atoms with Crippen LogP contribution in [-0.4, -0.2) is 23.8 Å². The van der Waals surface area contributed by atoms with Crippen LogP contribution < -0.4 is 14.8 Å². The van der Waals surface area contributed by atoms with Gasteiger partial charge < -0.3 is 19.4 Å². The fourth-order valence-corrected chi connectivity index (χ4v) is 4.21. The first-order chi connectivity index (χ1) is 14.7. The summed E-state index contributed by atoms with van der Waals surface area (Å²) in [6.45, 7) is 6.18. The van der Waals surface area contributed by atoms with Crippen LogP contribution in [0.3, 0.4) is 0 Å². The molecule has 0 radical (unpaired) electrons. The molecule has 1 atom stereocenters. The number of hydrogen-bond donors (Lipinski definition) is 1. The normalized spacial score (nSPS) is 13.5. The Bertz CT molecular complexity index is 1020. The Morgan fingerprint density at radius 1 is 1.10 bits per heavy atom. The Morgan fingerprint density at radius 2 is 1.93 bits per heavy atom. The van der Waals surface area contributed by atoms with Crippen LogP contribution in [0.15, 0.2) is 48.7 Å². The van der Waals surface area contributed by atoms with Crippen molar-refractivity contribution >= 4 is 16.8 Å². The van der Waals surface area contributed by atoms with Gasteiger partial charge in [0.2, 0.25) is 12.7 Å². The molecular formula is C25H30N2O3. The number of ether oxygens (including phenoxy) is 2. The zero-order valence-electron chi connectivity index (χ0n) is 17.8. The summed E-state index contributed by atoms with van der Waals surface area (Å²) in [5.74, 6) is 1.54. The van der Waals surface area contributed by atoms with Crippen molar-refractivity contribution in [2.24, 2.45) is 0 Å². The third-order valence-electron chi connectivity index (χ3n) is 5.83. The van der Waals surface area contributed by atoms with Crippen LogP contribution in [0.1, 0.15) is 56.6 Å². The van der Waals surface area contributed by atoms with Crippen molar-refractivity contribution in [2.45, 2.75) is 52.0 Å². The smallest absolute Gasteiger partial charge is 0.231 e. The summed E-state index contributed by atoms with van der Waals surface area (Å²) >= 11 is 0. The molecule has 0 saturated carbocycles. The number of carbonyl (C=O) groups is 1. The maximum atomic E-state index is 12.8. The van der Waals surface area contributed by atoms with Gasteiger partial charge in [-0.15, -0.1) is 0 Å². The molecule has 1 aromatic heterocycles. The molecule has 0 bridgehead atoms. The van der Waals surface area contributed by atoms with E-state index in [-0.39, 0.29) is 18.6 Å². The van der Waals surface area contributed by atoms with E-state index in [1.165, 1.54) is 16.5 Å². The van der Waals surface area contributed by atoms with E-state index >= 15 is 0 Å². The van der Waals surface area contributed by atoms with Crippen LogP contribution >= 0.6 is 0 Å². The number of para-hydroxylation sites is 1. The summed E-state index contributed by atoms with van der Waals surface area (Å²) in [4.78, 5) is 12.8. The monoisotopic (exact) mass is 406 g/mol. The van der Waals surface area contributed by atoms with Gasteiger partial charge in [-0.25, -0.2) is 0 Å². The quantitative estimate of drug-likeness (QED) is 0.496. The highest BCUT2D eigenvalue weighted by Crippen LogP contribution is 2.40. The van der Waals surface area contributed by atoms with Crippen LogP contribution in [0.5, 0.6) is 11.5 Å².